The molecule has 0 bridgehead atoms. The fourth-order valence-electron chi connectivity index (χ4n) is 1.32. The summed E-state index contributed by atoms with van der Waals surface area (Å²) in [5, 5.41) is 3.73. The van der Waals surface area contributed by atoms with Gasteiger partial charge >= 0.3 is 6.09 Å². The number of carbonyl (C=O) groups is 1. The van der Waals surface area contributed by atoms with E-state index < -0.39 is 6.09 Å². The predicted octanol–water partition coefficient (Wildman–Crippen LogP) is 1.79. The molecule has 0 fully saturated rings. The van der Waals surface area contributed by atoms with Gasteiger partial charge in [0.1, 0.15) is 6.61 Å². The third-order valence-electron chi connectivity index (χ3n) is 2.13. The van der Waals surface area contributed by atoms with Crippen LogP contribution < -0.4 is 14.9 Å². The SMILES string of the molecule is C#CCOc1ccc(/C=N\NC(=O)OC)cc1OCC. The van der Waals surface area contributed by atoms with Crippen LogP contribution in [-0.2, 0) is 4.74 Å². The van der Waals surface area contributed by atoms with Crippen molar-refractivity contribution in [1.29, 1.82) is 0 Å². The number of amides is 1. The molecule has 20 heavy (non-hydrogen) atoms. The van der Waals surface area contributed by atoms with Gasteiger partial charge < -0.3 is 14.2 Å². The predicted molar refractivity (Wildman–Crippen MR) is 75.1 cm³/mol. The Morgan fingerprint density at radius 3 is 2.90 bits per heavy atom. The summed E-state index contributed by atoms with van der Waals surface area (Å²) in [7, 11) is 1.26. The fourth-order valence-corrected chi connectivity index (χ4v) is 1.32. The largest absolute Gasteiger partial charge is 0.490 e. The van der Waals surface area contributed by atoms with Crippen LogP contribution in [0, 0.1) is 12.3 Å². The number of hydrogen-bond donors (Lipinski definition) is 1. The van der Waals surface area contributed by atoms with Gasteiger partial charge in [0.25, 0.3) is 0 Å². The number of terminal acetylenes is 1. The number of hydrazone groups is 1. The van der Waals surface area contributed by atoms with E-state index in [4.69, 9.17) is 15.9 Å². The van der Waals surface area contributed by atoms with Crippen molar-refractivity contribution in [2.24, 2.45) is 5.10 Å². The second kappa shape index (κ2) is 8.43. The van der Waals surface area contributed by atoms with E-state index in [1.807, 2.05) is 6.92 Å². The first-order chi connectivity index (χ1) is 9.71. The molecular formula is C14H16N2O4. The van der Waals surface area contributed by atoms with E-state index >= 15 is 0 Å². The van der Waals surface area contributed by atoms with Gasteiger partial charge in [0.05, 0.1) is 19.9 Å². The molecule has 1 N–H and O–H groups in total. The van der Waals surface area contributed by atoms with Crippen LogP contribution in [0.1, 0.15) is 12.5 Å². The molecular weight excluding hydrogens is 260 g/mol. The number of benzene rings is 1. The zero-order chi connectivity index (χ0) is 14.8. The molecule has 6 heteroatoms. The van der Waals surface area contributed by atoms with Crippen molar-refractivity contribution < 1.29 is 19.0 Å². The molecule has 0 atom stereocenters. The van der Waals surface area contributed by atoms with E-state index in [0.717, 1.165) is 5.56 Å². The van der Waals surface area contributed by atoms with Gasteiger partial charge in [-0.05, 0) is 30.7 Å². The first-order valence-corrected chi connectivity index (χ1v) is 5.91. The van der Waals surface area contributed by atoms with Gasteiger partial charge in [-0.3, -0.25) is 0 Å². The van der Waals surface area contributed by atoms with Crippen LogP contribution in [0.4, 0.5) is 4.79 Å². The van der Waals surface area contributed by atoms with Crippen molar-refractivity contribution in [1.82, 2.24) is 5.43 Å². The van der Waals surface area contributed by atoms with Crippen LogP contribution in [0.15, 0.2) is 23.3 Å². The number of hydrogen-bond acceptors (Lipinski definition) is 5. The summed E-state index contributed by atoms with van der Waals surface area (Å²) in [6.07, 6.45) is 5.97. The molecule has 1 aromatic rings. The van der Waals surface area contributed by atoms with Crippen LogP contribution in [0.3, 0.4) is 0 Å². The Hall–Kier alpha value is -2.68. The van der Waals surface area contributed by atoms with Gasteiger partial charge in [-0.1, -0.05) is 5.92 Å². The summed E-state index contributed by atoms with van der Waals surface area (Å²) < 4.78 is 15.2. The Balaban J connectivity index is 2.81. The summed E-state index contributed by atoms with van der Waals surface area (Å²) in [6, 6.07) is 5.22. The molecule has 0 radical (unpaired) electrons. The van der Waals surface area contributed by atoms with Gasteiger partial charge in [-0.15, -0.1) is 6.42 Å². The Labute approximate surface area is 117 Å². The topological polar surface area (TPSA) is 69.2 Å². The summed E-state index contributed by atoms with van der Waals surface area (Å²) in [5.41, 5.74) is 2.93. The van der Waals surface area contributed by atoms with E-state index in [9.17, 15) is 4.79 Å². The van der Waals surface area contributed by atoms with Gasteiger partial charge in [-0.2, -0.15) is 5.10 Å². The Morgan fingerprint density at radius 1 is 1.45 bits per heavy atom. The highest BCUT2D eigenvalue weighted by Gasteiger charge is 2.05. The molecule has 1 aromatic carbocycles. The summed E-state index contributed by atoms with van der Waals surface area (Å²) in [5.74, 6) is 3.51. The maximum Gasteiger partial charge on any atom is 0.427 e. The summed E-state index contributed by atoms with van der Waals surface area (Å²) in [6.45, 7) is 2.52. The maximum absolute atomic E-state index is 10.8. The molecule has 0 aliphatic carbocycles. The van der Waals surface area contributed by atoms with Crippen molar-refractivity contribution >= 4 is 12.3 Å². The molecule has 0 saturated carbocycles. The Kier molecular flexibility index (Phi) is 6.48. The van der Waals surface area contributed by atoms with E-state index in [-0.39, 0.29) is 6.61 Å². The van der Waals surface area contributed by atoms with Crippen molar-refractivity contribution in [3.05, 3.63) is 23.8 Å². The van der Waals surface area contributed by atoms with Gasteiger partial charge in [0, 0.05) is 0 Å². The highest BCUT2D eigenvalue weighted by molar-refractivity contribution is 5.82. The molecule has 0 aliphatic heterocycles. The minimum atomic E-state index is -0.639. The van der Waals surface area contributed by atoms with Crippen LogP contribution in [0.5, 0.6) is 11.5 Å². The van der Waals surface area contributed by atoms with Crippen molar-refractivity contribution in [3.63, 3.8) is 0 Å². The van der Waals surface area contributed by atoms with Gasteiger partial charge in [0.2, 0.25) is 0 Å². The summed E-state index contributed by atoms with van der Waals surface area (Å²) >= 11 is 0. The lowest BCUT2D eigenvalue weighted by Gasteiger charge is -2.10. The molecule has 6 nitrogen and oxygen atoms in total. The molecule has 0 aromatic heterocycles. The van der Waals surface area contributed by atoms with Gasteiger partial charge in [-0.25, -0.2) is 10.2 Å². The second-order valence-corrected chi connectivity index (χ2v) is 3.49. The lowest BCUT2D eigenvalue weighted by atomic mass is 10.2. The molecule has 0 heterocycles. The lowest BCUT2D eigenvalue weighted by Crippen LogP contribution is -2.16. The maximum atomic E-state index is 10.8. The van der Waals surface area contributed by atoms with Crippen molar-refractivity contribution in [3.8, 4) is 23.8 Å². The molecule has 0 unspecified atom stereocenters. The van der Waals surface area contributed by atoms with Crippen molar-refractivity contribution in [2.45, 2.75) is 6.92 Å². The number of methoxy groups -OCH3 is 1. The third-order valence-corrected chi connectivity index (χ3v) is 2.13. The van der Waals surface area contributed by atoms with Gasteiger partial charge in [0.15, 0.2) is 11.5 Å². The molecule has 0 saturated heterocycles. The number of rotatable bonds is 6. The number of carbonyl (C=O) groups excluding carboxylic acids is 1. The lowest BCUT2D eigenvalue weighted by molar-refractivity contribution is 0.171. The van der Waals surface area contributed by atoms with E-state index in [1.165, 1.54) is 13.3 Å². The fraction of sp³-hybridized carbons (Fsp3) is 0.286. The van der Waals surface area contributed by atoms with Crippen LogP contribution in [0.2, 0.25) is 0 Å². The van der Waals surface area contributed by atoms with Crippen LogP contribution in [0.25, 0.3) is 0 Å². The van der Waals surface area contributed by atoms with E-state index in [0.29, 0.717) is 18.1 Å². The molecule has 1 amide bonds. The monoisotopic (exact) mass is 276 g/mol. The summed E-state index contributed by atoms with van der Waals surface area (Å²) in [4.78, 5) is 10.8. The van der Waals surface area contributed by atoms with Crippen LogP contribution in [-0.4, -0.2) is 32.6 Å². The minimum Gasteiger partial charge on any atom is -0.490 e. The molecule has 0 spiro atoms. The highest BCUT2D eigenvalue weighted by atomic mass is 16.5. The molecule has 0 aliphatic rings. The minimum absolute atomic E-state index is 0.164. The molecule has 1 rings (SSSR count). The number of nitrogens with one attached hydrogen (secondary N) is 1. The smallest absolute Gasteiger partial charge is 0.427 e. The average Bonchev–Trinajstić information content (AvgIpc) is 2.46. The normalized spacial score (nSPS) is 9.85. The average molecular weight is 276 g/mol. The standard InChI is InChI=1S/C14H16N2O4/c1-4-8-20-12-7-6-11(9-13(12)19-5-2)10-15-16-14(17)18-3/h1,6-7,9-10H,5,8H2,2-3H3,(H,16,17)/b15-10-. The third kappa shape index (κ3) is 4.90. The quantitative estimate of drug-likeness (QED) is 0.488. The van der Waals surface area contributed by atoms with E-state index in [1.54, 1.807) is 18.2 Å². The second-order valence-electron chi connectivity index (χ2n) is 3.49. The number of ether oxygens (including phenoxy) is 3. The highest BCUT2D eigenvalue weighted by Crippen LogP contribution is 2.27. The Bertz CT molecular complexity index is 520. The van der Waals surface area contributed by atoms with Crippen LogP contribution >= 0.6 is 0 Å². The van der Waals surface area contributed by atoms with Crippen molar-refractivity contribution in [2.75, 3.05) is 20.3 Å². The molecule has 106 valence electrons. The first-order valence-electron chi connectivity index (χ1n) is 5.91. The number of nitrogens with zero attached hydrogens (tertiary/aromatic N) is 1. The zero-order valence-electron chi connectivity index (χ0n) is 11.4. The zero-order valence-corrected chi connectivity index (χ0v) is 11.4. The Morgan fingerprint density at radius 2 is 2.25 bits per heavy atom. The van der Waals surface area contributed by atoms with E-state index in [2.05, 4.69) is 21.2 Å². The first kappa shape index (κ1) is 15.4.